The highest BCUT2D eigenvalue weighted by Gasteiger charge is 2.14. The number of sulfone groups is 1. The van der Waals surface area contributed by atoms with Crippen LogP contribution in [-0.2, 0) is 9.84 Å². The molecule has 25 heavy (non-hydrogen) atoms. The smallest absolute Gasteiger partial charge is 0.379 e. The van der Waals surface area contributed by atoms with Crippen LogP contribution in [0.4, 0.5) is 4.39 Å². The maximum absolute atomic E-state index is 13.0. The van der Waals surface area contributed by atoms with Crippen LogP contribution in [0.1, 0.15) is 0 Å². The summed E-state index contributed by atoms with van der Waals surface area (Å²) in [4.78, 5) is 12.2. The van der Waals surface area contributed by atoms with Gasteiger partial charge in [-0.3, -0.25) is 0 Å². The van der Waals surface area contributed by atoms with Crippen LogP contribution in [0.2, 0.25) is 0 Å². The summed E-state index contributed by atoms with van der Waals surface area (Å²) in [5.41, 5.74) is 0.312. The monoisotopic (exact) mass is 360 g/mol. The number of benzene rings is 2. The zero-order valence-electron chi connectivity index (χ0n) is 13.1. The molecule has 2 aromatic carbocycles. The lowest BCUT2D eigenvalue weighted by Gasteiger charge is -2.10. The molecule has 0 radical (unpaired) electrons. The van der Waals surface area contributed by atoms with Crippen molar-refractivity contribution in [3.8, 4) is 22.6 Å². The lowest BCUT2D eigenvalue weighted by molar-refractivity contribution is 0.422. The molecule has 0 aliphatic rings. The van der Waals surface area contributed by atoms with E-state index in [1.807, 2.05) is 0 Å². The molecule has 128 valence electrons. The van der Waals surface area contributed by atoms with E-state index in [0.717, 1.165) is 6.26 Å². The summed E-state index contributed by atoms with van der Waals surface area (Å²) in [7, 11) is -3.32. The van der Waals surface area contributed by atoms with Crippen LogP contribution >= 0.6 is 0 Å². The molecule has 3 rings (SSSR count). The fourth-order valence-corrected chi connectivity index (χ4v) is 2.86. The van der Waals surface area contributed by atoms with Gasteiger partial charge >= 0.3 is 5.63 Å². The van der Waals surface area contributed by atoms with E-state index in [1.165, 1.54) is 48.7 Å². The van der Waals surface area contributed by atoms with Crippen LogP contribution < -0.4 is 10.4 Å². The average molecular weight is 360 g/mol. The predicted octanol–water partition coefficient (Wildman–Crippen LogP) is 3.64. The van der Waals surface area contributed by atoms with Crippen LogP contribution in [0.5, 0.6) is 11.5 Å². The first-order valence-electron chi connectivity index (χ1n) is 7.20. The van der Waals surface area contributed by atoms with Crippen molar-refractivity contribution in [3.63, 3.8) is 0 Å². The predicted molar refractivity (Wildman–Crippen MR) is 90.0 cm³/mol. The summed E-state index contributed by atoms with van der Waals surface area (Å²) in [6.45, 7) is 0. The standard InChI is InChI=1S/C18H13FO5S/c1-25(21,22)15-8-2-12(3-9-15)16-10-11-23-18(20)17(16)24-14-6-4-13(19)5-7-14/h2-11H,1H3. The summed E-state index contributed by atoms with van der Waals surface area (Å²) in [6, 6.07) is 12.8. The molecule has 0 bridgehead atoms. The molecule has 7 heteroatoms. The van der Waals surface area contributed by atoms with E-state index in [4.69, 9.17) is 9.15 Å². The molecule has 0 N–H and O–H groups in total. The highest BCUT2D eigenvalue weighted by Crippen LogP contribution is 2.31. The second-order valence-corrected chi connectivity index (χ2v) is 7.32. The Hall–Kier alpha value is -2.93. The number of rotatable bonds is 4. The van der Waals surface area contributed by atoms with Gasteiger partial charge in [0.2, 0.25) is 5.75 Å². The van der Waals surface area contributed by atoms with Gasteiger partial charge < -0.3 is 9.15 Å². The molecule has 0 amide bonds. The summed E-state index contributed by atoms with van der Waals surface area (Å²) in [5.74, 6) is -0.223. The highest BCUT2D eigenvalue weighted by atomic mass is 32.2. The van der Waals surface area contributed by atoms with E-state index in [9.17, 15) is 17.6 Å². The number of ether oxygens (including phenoxy) is 1. The first-order valence-corrected chi connectivity index (χ1v) is 9.09. The van der Waals surface area contributed by atoms with Crippen LogP contribution in [0.3, 0.4) is 0 Å². The molecule has 0 spiro atoms. The molecular formula is C18H13FO5S. The summed E-state index contributed by atoms with van der Waals surface area (Å²) >= 11 is 0. The molecule has 0 saturated heterocycles. The van der Waals surface area contributed by atoms with E-state index in [1.54, 1.807) is 12.1 Å². The first kappa shape index (κ1) is 16.9. The molecule has 3 aromatic rings. The molecule has 0 aliphatic carbocycles. The molecule has 0 atom stereocenters. The maximum Gasteiger partial charge on any atom is 0.379 e. The normalized spacial score (nSPS) is 11.3. The van der Waals surface area contributed by atoms with Gasteiger partial charge in [0, 0.05) is 11.8 Å². The summed E-state index contributed by atoms with van der Waals surface area (Å²) < 4.78 is 46.5. The average Bonchev–Trinajstić information content (AvgIpc) is 2.58. The van der Waals surface area contributed by atoms with E-state index in [0.29, 0.717) is 11.1 Å². The third-order valence-corrected chi connectivity index (χ3v) is 4.60. The fraction of sp³-hybridized carbons (Fsp3) is 0.0556. The summed E-state index contributed by atoms with van der Waals surface area (Å²) in [5, 5.41) is 0. The highest BCUT2D eigenvalue weighted by molar-refractivity contribution is 7.90. The van der Waals surface area contributed by atoms with Gasteiger partial charge in [-0.05, 0) is 48.0 Å². The van der Waals surface area contributed by atoms with Crippen molar-refractivity contribution in [1.29, 1.82) is 0 Å². The largest absolute Gasteiger partial charge is 0.449 e. The Balaban J connectivity index is 2.04. The van der Waals surface area contributed by atoms with Crippen molar-refractivity contribution in [1.82, 2.24) is 0 Å². The van der Waals surface area contributed by atoms with E-state index >= 15 is 0 Å². The van der Waals surface area contributed by atoms with Crippen molar-refractivity contribution < 1.29 is 22.0 Å². The molecule has 1 aromatic heterocycles. The van der Waals surface area contributed by atoms with Crippen molar-refractivity contribution in [3.05, 3.63) is 77.1 Å². The van der Waals surface area contributed by atoms with Crippen molar-refractivity contribution in [2.75, 3.05) is 6.26 Å². The van der Waals surface area contributed by atoms with Crippen LogP contribution in [0.15, 0.2) is 75.0 Å². The van der Waals surface area contributed by atoms with E-state index in [2.05, 4.69) is 0 Å². The quantitative estimate of drug-likeness (QED) is 0.710. The second kappa shape index (κ2) is 6.52. The Labute approximate surface area is 143 Å². The van der Waals surface area contributed by atoms with Crippen molar-refractivity contribution in [2.45, 2.75) is 4.90 Å². The van der Waals surface area contributed by atoms with Crippen LogP contribution in [0.25, 0.3) is 11.1 Å². The fourth-order valence-electron chi connectivity index (χ4n) is 2.23. The van der Waals surface area contributed by atoms with Gasteiger partial charge in [0.05, 0.1) is 11.2 Å². The van der Waals surface area contributed by atoms with Gasteiger partial charge in [0.1, 0.15) is 11.6 Å². The third kappa shape index (κ3) is 3.77. The number of hydrogen-bond donors (Lipinski definition) is 0. The second-order valence-electron chi connectivity index (χ2n) is 5.30. The topological polar surface area (TPSA) is 73.6 Å². The van der Waals surface area contributed by atoms with Gasteiger partial charge in [-0.2, -0.15) is 0 Å². The van der Waals surface area contributed by atoms with Crippen molar-refractivity contribution in [2.24, 2.45) is 0 Å². The lowest BCUT2D eigenvalue weighted by atomic mass is 10.1. The van der Waals surface area contributed by atoms with Gasteiger partial charge in [0.25, 0.3) is 0 Å². The lowest BCUT2D eigenvalue weighted by Crippen LogP contribution is -2.04. The van der Waals surface area contributed by atoms with E-state index < -0.39 is 21.3 Å². The maximum atomic E-state index is 13.0. The van der Waals surface area contributed by atoms with E-state index in [-0.39, 0.29) is 16.4 Å². The van der Waals surface area contributed by atoms with Crippen LogP contribution in [0, 0.1) is 5.82 Å². The Morgan fingerprint density at radius 1 is 0.960 bits per heavy atom. The molecule has 0 aliphatic heterocycles. The number of hydrogen-bond acceptors (Lipinski definition) is 5. The molecule has 0 saturated carbocycles. The molecule has 1 heterocycles. The minimum Gasteiger partial charge on any atom is -0.449 e. The van der Waals surface area contributed by atoms with Gasteiger partial charge in [-0.15, -0.1) is 0 Å². The Morgan fingerprint density at radius 2 is 1.60 bits per heavy atom. The Kier molecular flexibility index (Phi) is 4.41. The van der Waals surface area contributed by atoms with Gasteiger partial charge in [-0.25, -0.2) is 17.6 Å². The Bertz CT molecular complexity index is 1050. The molecule has 0 fully saturated rings. The SMILES string of the molecule is CS(=O)(=O)c1ccc(-c2ccoc(=O)c2Oc2ccc(F)cc2)cc1. The van der Waals surface area contributed by atoms with Crippen molar-refractivity contribution >= 4 is 9.84 Å². The molecule has 5 nitrogen and oxygen atoms in total. The third-order valence-electron chi connectivity index (χ3n) is 3.47. The van der Waals surface area contributed by atoms with Crippen LogP contribution in [-0.4, -0.2) is 14.7 Å². The van der Waals surface area contributed by atoms with Gasteiger partial charge in [0.15, 0.2) is 9.84 Å². The molecular weight excluding hydrogens is 347 g/mol. The summed E-state index contributed by atoms with van der Waals surface area (Å²) in [6.07, 6.45) is 2.34. The minimum absolute atomic E-state index is 0.0683. The zero-order chi connectivity index (χ0) is 18.0. The minimum atomic E-state index is -3.32. The Morgan fingerprint density at radius 3 is 2.20 bits per heavy atom. The molecule has 0 unspecified atom stereocenters. The zero-order valence-corrected chi connectivity index (χ0v) is 13.9. The van der Waals surface area contributed by atoms with Gasteiger partial charge in [-0.1, -0.05) is 12.1 Å². The number of halogens is 1. The first-order chi connectivity index (χ1) is 11.8.